The molecule has 1 N–H and O–H groups in total. The van der Waals surface area contributed by atoms with Gasteiger partial charge in [-0.25, -0.2) is 4.39 Å². The van der Waals surface area contributed by atoms with Crippen molar-refractivity contribution in [3.8, 4) is 6.07 Å². The second kappa shape index (κ2) is 6.18. The zero-order valence-corrected chi connectivity index (χ0v) is 12.7. The molecule has 2 nitrogen and oxygen atoms in total. The molecule has 1 aromatic carbocycles. The zero-order valence-electron chi connectivity index (χ0n) is 10.3. The lowest BCUT2D eigenvalue weighted by molar-refractivity contribution is 0.619. The third kappa shape index (κ3) is 3.34. The first kappa shape index (κ1) is 14.0. The molecule has 1 aromatic heterocycles. The predicted octanol–water partition coefficient (Wildman–Crippen LogP) is 4.56. The van der Waals surface area contributed by atoms with Crippen molar-refractivity contribution in [1.82, 2.24) is 0 Å². The number of anilines is 1. The van der Waals surface area contributed by atoms with E-state index in [1.165, 1.54) is 4.88 Å². The summed E-state index contributed by atoms with van der Waals surface area (Å²) in [5.74, 6) is -0.419. The van der Waals surface area contributed by atoms with Crippen molar-refractivity contribution in [3.05, 3.63) is 50.4 Å². The fourth-order valence-corrected chi connectivity index (χ4v) is 3.06. The maximum atomic E-state index is 14.0. The molecule has 0 saturated carbocycles. The molecule has 2 aromatic rings. The van der Waals surface area contributed by atoms with Gasteiger partial charge in [0.15, 0.2) is 5.82 Å². The summed E-state index contributed by atoms with van der Waals surface area (Å²) < 4.78 is 14.2. The molecule has 0 spiro atoms. The average Bonchev–Trinajstić information content (AvgIpc) is 2.88. The monoisotopic (exact) mass is 338 g/mol. The molecule has 0 amide bonds. The molecule has 1 atom stereocenters. The Balaban J connectivity index is 2.11. The Morgan fingerprint density at radius 2 is 2.26 bits per heavy atom. The van der Waals surface area contributed by atoms with E-state index in [9.17, 15) is 4.39 Å². The van der Waals surface area contributed by atoms with Crippen LogP contribution in [-0.4, -0.2) is 6.04 Å². The average molecular weight is 339 g/mol. The van der Waals surface area contributed by atoms with Crippen LogP contribution in [-0.2, 0) is 6.42 Å². The molecule has 0 fully saturated rings. The first-order valence-corrected chi connectivity index (χ1v) is 7.46. The van der Waals surface area contributed by atoms with Crippen LogP contribution in [0.25, 0.3) is 0 Å². The molecule has 19 heavy (non-hydrogen) atoms. The van der Waals surface area contributed by atoms with Crippen LogP contribution in [0.2, 0.25) is 0 Å². The van der Waals surface area contributed by atoms with Crippen LogP contribution in [0.1, 0.15) is 17.4 Å². The highest BCUT2D eigenvalue weighted by atomic mass is 79.9. The van der Waals surface area contributed by atoms with Gasteiger partial charge in [0.2, 0.25) is 0 Å². The normalized spacial score (nSPS) is 11.9. The Hall–Kier alpha value is -1.38. The number of nitrogens with one attached hydrogen (secondary N) is 1. The van der Waals surface area contributed by atoms with E-state index in [-0.39, 0.29) is 10.5 Å². The highest BCUT2D eigenvalue weighted by molar-refractivity contribution is 9.10. The molecule has 0 aliphatic rings. The van der Waals surface area contributed by atoms with Crippen LogP contribution >= 0.6 is 27.3 Å². The quantitative estimate of drug-likeness (QED) is 0.886. The molecule has 0 bridgehead atoms. The van der Waals surface area contributed by atoms with Gasteiger partial charge in [-0.15, -0.1) is 11.3 Å². The van der Waals surface area contributed by atoms with Crippen molar-refractivity contribution in [2.45, 2.75) is 19.4 Å². The van der Waals surface area contributed by atoms with Gasteiger partial charge in [-0.3, -0.25) is 0 Å². The van der Waals surface area contributed by atoms with Gasteiger partial charge in [-0.2, -0.15) is 5.26 Å². The lowest BCUT2D eigenvalue weighted by Crippen LogP contribution is -2.18. The first-order valence-electron chi connectivity index (χ1n) is 5.79. The van der Waals surface area contributed by atoms with Crippen molar-refractivity contribution >= 4 is 33.0 Å². The Kier molecular flexibility index (Phi) is 4.56. The van der Waals surface area contributed by atoms with E-state index >= 15 is 0 Å². The van der Waals surface area contributed by atoms with Crippen LogP contribution < -0.4 is 5.32 Å². The molecule has 2 rings (SSSR count). The maximum Gasteiger partial charge on any atom is 0.161 e. The summed E-state index contributed by atoms with van der Waals surface area (Å²) in [5, 5.41) is 14.0. The van der Waals surface area contributed by atoms with Crippen molar-refractivity contribution < 1.29 is 4.39 Å². The summed E-state index contributed by atoms with van der Waals surface area (Å²) in [6.07, 6.45) is 0.842. The molecule has 98 valence electrons. The van der Waals surface area contributed by atoms with Gasteiger partial charge in [0, 0.05) is 17.3 Å². The van der Waals surface area contributed by atoms with Crippen molar-refractivity contribution in [3.63, 3.8) is 0 Å². The topological polar surface area (TPSA) is 35.8 Å². The molecule has 1 heterocycles. The van der Waals surface area contributed by atoms with Crippen LogP contribution in [0, 0.1) is 17.1 Å². The number of nitrogens with zero attached hydrogens (tertiary/aromatic N) is 1. The van der Waals surface area contributed by atoms with Crippen LogP contribution in [0.15, 0.2) is 34.1 Å². The Labute approximate surface area is 124 Å². The Morgan fingerprint density at radius 1 is 1.47 bits per heavy atom. The summed E-state index contributed by atoms with van der Waals surface area (Å²) in [5.41, 5.74) is 0.712. The third-order valence-corrected chi connectivity index (χ3v) is 4.37. The van der Waals surface area contributed by atoms with Gasteiger partial charge >= 0.3 is 0 Å². The number of nitriles is 1. The molecular formula is C14H12BrFN2S. The van der Waals surface area contributed by atoms with E-state index in [4.69, 9.17) is 5.26 Å². The fourth-order valence-electron chi connectivity index (χ4n) is 1.79. The maximum absolute atomic E-state index is 14.0. The lowest BCUT2D eigenvalue weighted by atomic mass is 10.1. The second-order valence-electron chi connectivity index (χ2n) is 4.23. The smallest absolute Gasteiger partial charge is 0.161 e. The minimum Gasteiger partial charge on any atom is -0.380 e. The molecule has 0 aliphatic heterocycles. The molecule has 0 saturated heterocycles. The highest BCUT2D eigenvalue weighted by Crippen LogP contribution is 2.27. The van der Waals surface area contributed by atoms with Gasteiger partial charge < -0.3 is 5.32 Å². The first-order chi connectivity index (χ1) is 9.11. The molecule has 1 unspecified atom stereocenters. The summed E-state index contributed by atoms with van der Waals surface area (Å²) in [6, 6.07) is 9.33. The number of rotatable bonds is 4. The number of hydrogen-bond acceptors (Lipinski definition) is 3. The van der Waals surface area contributed by atoms with Crippen LogP contribution in [0.4, 0.5) is 10.1 Å². The largest absolute Gasteiger partial charge is 0.380 e. The van der Waals surface area contributed by atoms with E-state index < -0.39 is 5.82 Å². The number of benzene rings is 1. The molecular weight excluding hydrogens is 327 g/mol. The minimum atomic E-state index is -0.419. The van der Waals surface area contributed by atoms with E-state index in [0.717, 1.165) is 6.42 Å². The lowest BCUT2D eigenvalue weighted by Gasteiger charge is -2.15. The van der Waals surface area contributed by atoms with Gasteiger partial charge in [0.05, 0.1) is 15.7 Å². The van der Waals surface area contributed by atoms with Crippen LogP contribution in [0.3, 0.4) is 0 Å². The standard InChI is InChI=1S/C14H12BrFN2S/c1-9(7-11-3-2-6-19-11)18-12-5-4-10(8-17)13(15)14(12)16/h2-6,9,18H,7H2,1H3. The molecule has 0 aliphatic carbocycles. The number of halogens is 2. The second-order valence-corrected chi connectivity index (χ2v) is 6.05. The fraction of sp³-hybridized carbons (Fsp3) is 0.214. The van der Waals surface area contributed by atoms with Crippen molar-refractivity contribution in [1.29, 1.82) is 5.26 Å². The van der Waals surface area contributed by atoms with Gasteiger partial charge in [0.1, 0.15) is 6.07 Å². The summed E-state index contributed by atoms with van der Waals surface area (Å²) in [7, 11) is 0. The predicted molar refractivity (Wildman–Crippen MR) is 79.9 cm³/mol. The van der Waals surface area contributed by atoms with Gasteiger partial charge in [-0.1, -0.05) is 6.07 Å². The van der Waals surface area contributed by atoms with E-state index in [0.29, 0.717) is 11.3 Å². The summed E-state index contributed by atoms with van der Waals surface area (Å²) in [6.45, 7) is 2.01. The Morgan fingerprint density at radius 3 is 2.89 bits per heavy atom. The van der Waals surface area contributed by atoms with Gasteiger partial charge in [-0.05, 0) is 46.4 Å². The number of thiophene rings is 1. The van der Waals surface area contributed by atoms with Crippen molar-refractivity contribution in [2.24, 2.45) is 0 Å². The van der Waals surface area contributed by atoms with Crippen molar-refractivity contribution in [2.75, 3.05) is 5.32 Å². The van der Waals surface area contributed by atoms with Gasteiger partial charge in [0.25, 0.3) is 0 Å². The highest BCUT2D eigenvalue weighted by Gasteiger charge is 2.13. The minimum absolute atomic E-state index is 0.119. The number of hydrogen-bond donors (Lipinski definition) is 1. The van der Waals surface area contributed by atoms with E-state index in [1.807, 2.05) is 24.4 Å². The zero-order chi connectivity index (χ0) is 13.8. The Bertz CT molecular complexity index is 605. The molecule has 0 radical (unpaired) electrons. The van der Waals surface area contributed by atoms with Crippen LogP contribution in [0.5, 0.6) is 0 Å². The summed E-state index contributed by atoms with van der Waals surface area (Å²) in [4.78, 5) is 1.26. The summed E-state index contributed by atoms with van der Waals surface area (Å²) >= 11 is 4.80. The van der Waals surface area contributed by atoms with E-state index in [2.05, 4.69) is 27.3 Å². The third-order valence-electron chi connectivity index (χ3n) is 2.69. The SMILES string of the molecule is CC(Cc1cccs1)Nc1ccc(C#N)c(Br)c1F. The van der Waals surface area contributed by atoms with E-state index in [1.54, 1.807) is 23.5 Å². The molecule has 5 heteroatoms.